The van der Waals surface area contributed by atoms with Crippen molar-refractivity contribution in [2.24, 2.45) is 5.73 Å². The standard InChI is InChI=1S/C22H27N3O6S/c1-30-20-10-9-18(32(28,29)25-11-4-2-3-5-12-25)14-19(20)24-21(26)15-31-17-8-6-7-16(13-17)22(23)27/h6-10,13-14H,2-5,11-12,15H2,1H3,(H2,23,27)(H,24,26). The second-order valence-electron chi connectivity index (χ2n) is 7.41. The number of nitrogens with zero attached hydrogens (tertiary/aromatic N) is 1. The van der Waals surface area contributed by atoms with E-state index in [2.05, 4.69) is 5.32 Å². The zero-order chi connectivity index (χ0) is 23.1. The monoisotopic (exact) mass is 461 g/mol. The van der Waals surface area contributed by atoms with Crippen LogP contribution < -0.4 is 20.5 Å². The van der Waals surface area contributed by atoms with Crippen LogP contribution in [0.4, 0.5) is 5.69 Å². The van der Waals surface area contributed by atoms with Crippen molar-refractivity contribution in [2.75, 3.05) is 32.1 Å². The molecule has 10 heteroatoms. The molecule has 0 aromatic heterocycles. The lowest BCUT2D eigenvalue weighted by molar-refractivity contribution is -0.118. The molecule has 1 fully saturated rings. The van der Waals surface area contributed by atoms with Crippen LogP contribution in [0.2, 0.25) is 0 Å². The predicted molar refractivity (Wildman–Crippen MR) is 119 cm³/mol. The Labute approximate surface area is 187 Å². The number of ether oxygens (including phenoxy) is 2. The molecule has 0 aliphatic carbocycles. The zero-order valence-electron chi connectivity index (χ0n) is 17.9. The number of benzene rings is 2. The third kappa shape index (κ3) is 5.77. The molecule has 32 heavy (non-hydrogen) atoms. The maximum Gasteiger partial charge on any atom is 0.262 e. The fourth-order valence-electron chi connectivity index (χ4n) is 3.45. The first-order chi connectivity index (χ1) is 15.3. The smallest absolute Gasteiger partial charge is 0.262 e. The van der Waals surface area contributed by atoms with Gasteiger partial charge in [-0.05, 0) is 49.2 Å². The lowest BCUT2D eigenvalue weighted by atomic mass is 10.2. The van der Waals surface area contributed by atoms with E-state index in [9.17, 15) is 18.0 Å². The molecule has 3 N–H and O–H groups in total. The molecule has 172 valence electrons. The van der Waals surface area contributed by atoms with Crippen LogP contribution in [0, 0.1) is 0 Å². The first-order valence-electron chi connectivity index (χ1n) is 10.3. The lowest BCUT2D eigenvalue weighted by Gasteiger charge is -2.21. The summed E-state index contributed by atoms with van der Waals surface area (Å²) in [5.41, 5.74) is 5.73. The van der Waals surface area contributed by atoms with Gasteiger partial charge in [-0.3, -0.25) is 9.59 Å². The third-order valence-electron chi connectivity index (χ3n) is 5.14. The van der Waals surface area contributed by atoms with Crippen LogP contribution >= 0.6 is 0 Å². The van der Waals surface area contributed by atoms with Crippen molar-refractivity contribution >= 4 is 27.5 Å². The Hall–Kier alpha value is -3.11. The van der Waals surface area contributed by atoms with Gasteiger partial charge in [0.05, 0.1) is 17.7 Å². The van der Waals surface area contributed by atoms with Crippen LogP contribution in [0.15, 0.2) is 47.4 Å². The number of carbonyl (C=O) groups excluding carboxylic acids is 2. The number of hydrogen-bond acceptors (Lipinski definition) is 6. The summed E-state index contributed by atoms with van der Waals surface area (Å²) in [6.45, 7) is 0.608. The topological polar surface area (TPSA) is 128 Å². The maximum absolute atomic E-state index is 13.1. The second kappa shape index (κ2) is 10.5. The molecule has 0 radical (unpaired) electrons. The van der Waals surface area contributed by atoms with E-state index in [0.29, 0.717) is 24.6 Å². The molecule has 1 saturated heterocycles. The van der Waals surface area contributed by atoms with Crippen molar-refractivity contribution in [3.8, 4) is 11.5 Å². The molecular formula is C22H27N3O6S. The zero-order valence-corrected chi connectivity index (χ0v) is 18.7. The molecular weight excluding hydrogens is 434 g/mol. The number of nitrogens with two attached hydrogens (primary N) is 1. The minimum absolute atomic E-state index is 0.0885. The average Bonchev–Trinajstić information content (AvgIpc) is 3.08. The molecule has 2 aromatic rings. The largest absolute Gasteiger partial charge is 0.495 e. The second-order valence-corrected chi connectivity index (χ2v) is 9.35. The molecule has 2 aromatic carbocycles. The van der Waals surface area contributed by atoms with Crippen molar-refractivity contribution in [3.05, 3.63) is 48.0 Å². The van der Waals surface area contributed by atoms with E-state index < -0.39 is 21.8 Å². The van der Waals surface area contributed by atoms with Gasteiger partial charge in [-0.2, -0.15) is 4.31 Å². The van der Waals surface area contributed by atoms with Gasteiger partial charge in [-0.25, -0.2) is 8.42 Å². The molecule has 3 rings (SSSR count). The quantitative estimate of drug-likeness (QED) is 0.621. The van der Waals surface area contributed by atoms with E-state index >= 15 is 0 Å². The normalized spacial score (nSPS) is 14.9. The number of primary amides is 1. The van der Waals surface area contributed by atoms with Gasteiger partial charge in [0.1, 0.15) is 11.5 Å². The Morgan fingerprint density at radius 2 is 1.78 bits per heavy atom. The van der Waals surface area contributed by atoms with E-state index in [1.54, 1.807) is 12.1 Å². The van der Waals surface area contributed by atoms with Crippen molar-refractivity contribution in [3.63, 3.8) is 0 Å². The number of carbonyl (C=O) groups is 2. The Morgan fingerprint density at radius 3 is 2.44 bits per heavy atom. The summed E-state index contributed by atoms with van der Waals surface area (Å²) in [6.07, 6.45) is 3.68. The van der Waals surface area contributed by atoms with E-state index in [-0.39, 0.29) is 22.8 Å². The van der Waals surface area contributed by atoms with E-state index in [0.717, 1.165) is 25.7 Å². The SMILES string of the molecule is COc1ccc(S(=O)(=O)N2CCCCCC2)cc1NC(=O)COc1cccc(C(N)=O)c1. The van der Waals surface area contributed by atoms with Crippen molar-refractivity contribution in [2.45, 2.75) is 30.6 Å². The van der Waals surface area contributed by atoms with E-state index in [4.69, 9.17) is 15.2 Å². The Bertz CT molecular complexity index is 1080. The molecule has 1 aliphatic heterocycles. The fraction of sp³-hybridized carbons (Fsp3) is 0.364. The van der Waals surface area contributed by atoms with Crippen LogP contribution in [0.25, 0.3) is 0 Å². The summed E-state index contributed by atoms with van der Waals surface area (Å²) in [7, 11) is -2.26. The molecule has 2 amide bonds. The van der Waals surface area contributed by atoms with Gasteiger partial charge < -0.3 is 20.5 Å². The van der Waals surface area contributed by atoms with Gasteiger partial charge in [-0.1, -0.05) is 18.9 Å². The molecule has 9 nitrogen and oxygen atoms in total. The highest BCUT2D eigenvalue weighted by molar-refractivity contribution is 7.89. The van der Waals surface area contributed by atoms with Gasteiger partial charge >= 0.3 is 0 Å². The molecule has 1 aliphatic rings. The van der Waals surface area contributed by atoms with Crippen molar-refractivity contribution in [1.29, 1.82) is 0 Å². The summed E-state index contributed by atoms with van der Waals surface area (Å²) in [5, 5.41) is 2.63. The van der Waals surface area contributed by atoms with Crippen LogP contribution in [0.1, 0.15) is 36.0 Å². The predicted octanol–water partition coefficient (Wildman–Crippen LogP) is 2.38. The molecule has 0 spiro atoms. The maximum atomic E-state index is 13.1. The minimum Gasteiger partial charge on any atom is -0.495 e. The summed E-state index contributed by atoms with van der Waals surface area (Å²) in [5.74, 6) is -0.492. The van der Waals surface area contributed by atoms with Gasteiger partial charge in [0, 0.05) is 18.7 Å². The first kappa shape index (κ1) is 23.6. The molecule has 0 atom stereocenters. The lowest BCUT2D eigenvalue weighted by Crippen LogP contribution is -2.32. The summed E-state index contributed by atoms with van der Waals surface area (Å²) in [4.78, 5) is 23.8. The van der Waals surface area contributed by atoms with Crippen LogP contribution in [-0.4, -0.2) is 51.3 Å². The van der Waals surface area contributed by atoms with E-state index in [1.165, 1.54) is 41.7 Å². The summed E-state index contributed by atoms with van der Waals surface area (Å²) in [6, 6.07) is 10.5. The van der Waals surface area contributed by atoms with Gasteiger partial charge in [0.25, 0.3) is 5.91 Å². The highest BCUT2D eigenvalue weighted by Crippen LogP contribution is 2.30. The third-order valence-corrected chi connectivity index (χ3v) is 7.03. The minimum atomic E-state index is -3.69. The number of rotatable bonds is 8. The summed E-state index contributed by atoms with van der Waals surface area (Å²) >= 11 is 0. The fourth-order valence-corrected chi connectivity index (χ4v) is 4.99. The Morgan fingerprint density at radius 1 is 1.06 bits per heavy atom. The van der Waals surface area contributed by atoms with E-state index in [1.807, 2.05) is 0 Å². The van der Waals surface area contributed by atoms with Crippen molar-refractivity contribution < 1.29 is 27.5 Å². The molecule has 1 heterocycles. The number of anilines is 1. The van der Waals surface area contributed by atoms with Crippen molar-refractivity contribution in [1.82, 2.24) is 4.31 Å². The van der Waals surface area contributed by atoms with Gasteiger partial charge in [-0.15, -0.1) is 0 Å². The highest BCUT2D eigenvalue weighted by Gasteiger charge is 2.26. The first-order valence-corrected chi connectivity index (χ1v) is 11.8. The molecule has 0 saturated carbocycles. The number of nitrogens with one attached hydrogen (secondary N) is 1. The van der Waals surface area contributed by atoms with Crippen LogP contribution in [-0.2, 0) is 14.8 Å². The molecule has 0 bridgehead atoms. The molecule has 0 unspecified atom stereocenters. The number of methoxy groups -OCH3 is 1. The Kier molecular flexibility index (Phi) is 7.70. The number of hydrogen-bond donors (Lipinski definition) is 2. The number of sulfonamides is 1. The average molecular weight is 462 g/mol. The van der Waals surface area contributed by atoms with Crippen LogP contribution in [0.3, 0.4) is 0 Å². The van der Waals surface area contributed by atoms with Gasteiger partial charge in [0.15, 0.2) is 6.61 Å². The number of amides is 2. The summed E-state index contributed by atoms with van der Waals surface area (Å²) < 4.78 is 38.4. The van der Waals surface area contributed by atoms with Gasteiger partial charge in [0.2, 0.25) is 15.9 Å². The van der Waals surface area contributed by atoms with Crippen LogP contribution in [0.5, 0.6) is 11.5 Å². The highest BCUT2D eigenvalue weighted by atomic mass is 32.2. The Balaban J connectivity index is 1.73.